The van der Waals surface area contributed by atoms with Crippen LogP contribution in [0.1, 0.15) is 24.1 Å². The van der Waals surface area contributed by atoms with E-state index in [1.165, 1.54) is 0 Å². The smallest absolute Gasteiger partial charge is 0.315 e. The van der Waals surface area contributed by atoms with Crippen LogP contribution in [0.4, 0.5) is 0 Å². The van der Waals surface area contributed by atoms with E-state index in [1.54, 1.807) is 12.3 Å². The molecular formula is C11H13NO3. The van der Waals surface area contributed by atoms with Gasteiger partial charge in [0.1, 0.15) is 5.41 Å². The summed E-state index contributed by atoms with van der Waals surface area (Å²) in [4.78, 5) is 15.3. The maximum atomic E-state index is 11.2. The normalized spacial score (nSPS) is 29.6. The van der Waals surface area contributed by atoms with Gasteiger partial charge in [-0.15, -0.1) is 0 Å². The van der Waals surface area contributed by atoms with Crippen molar-refractivity contribution in [2.24, 2.45) is 0 Å². The van der Waals surface area contributed by atoms with Gasteiger partial charge in [0.15, 0.2) is 0 Å². The van der Waals surface area contributed by atoms with Gasteiger partial charge in [-0.2, -0.15) is 0 Å². The van der Waals surface area contributed by atoms with Crippen LogP contribution in [-0.4, -0.2) is 27.3 Å². The SMILES string of the molecule is Cc1ccnc(C2(C(=O)O)CC(O)C2)c1. The molecular weight excluding hydrogens is 194 g/mol. The molecule has 0 aliphatic heterocycles. The van der Waals surface area contributed by atoms with Crippen molar-refractivity contribution < 1.29 is 15.0 Å². The number of pyridine rings is 1. The van der Waals surface area contributed by atoms with Crippen molar-refractivity contribution in [3.63, 3.8) is 0 Å². The van der Waals surface area contributed by atoms with Crippen molar-refractivity contribution in [1.82, 2.24) is 4.98 Å². The molecule has 2 rings (SSSR count). The fraction of sp³-hybridized carbons (Fsp3) is 0.455. The number of hydrogen-bond donors (Lipinski definition) is 2. The number of carbonyl (C=O) groups is 1. The van der Waals surface area contributed by atoms with E-state index >= 15 is 0 Å². The number of aromatic nitrogens is 1. The topological polar surface area (TPSA) is 70.4 Å². The lowest BCUT2D eigenvalue weighted by molar-refractivity contribution is -0.153. The van der Waals surface area contributed by atoms with E-state index in [1.807, 2.05) is 13.0 Å². The summed E-state index contributed by atoms with van der Waals surface area (Å²) in [5.41, 5.74) is 0.577. The molecule has 4 heteroatoms. The molecule has 1 fully saturated rings. The summed E-state index contributed by atoms with van der Waals surface area (Å²) in [6.07, 6.45) is 1.63. The second-order valence-electron chi connectivity index (χ2n) is 4.17. The first-order valence-corrected chi connectivity index (χ1v) is 4.89. The van der Waals surface area contributed by atoms with Crippen LogP contribution < -0.4 is 0 Å². The highest BCUT2D eigenvalue weighted by Gasteiger charge is 2.52. The lowest BCUT2D eigenvalue weighted by atomic mass is 9.64. The van der Waals surface area contributed by atoms with Crippen LogP contribution in [-0.2, 0) is 10.2 Å². The number of aryl methyl sites for hydroxylation is 1. The summed E-state index contributed by atoms with van der Waals surface area (Å²) >= 11 is 0. The molecule has 0 saturated heterocycles. The van der Waals surface area contributed by atoms with Crippen molar-refractivity contribution in [2.75, 3.05) is 0 Å². The number of aliphatic carboxylic acids is 1. The van der Waals surface area contributed by atoms with Gasteiger partial charge in [-0.1, -0.05) is 0 Å². The Balaban J connectivity index is 2.39. The maximum Gasteiger partial charge on any atom is 0.315 e. The zero-order valence-corrected chi connectivity index (χ0v) is 8.47. The standard InChI is InChI=1S/C11H13NO3/c1-7-2-3-12-9(4-7)11(10(14)15)5-8(13)6-11/h2-4,8,13H,5-6H2,1H3,(H,14,15). The van der Waals surface area contributed by atoms with E-state index in [0.29, 0.717) is 5.69 Å². The van der Waals surface area contributed by atoms with E-state index in [-0.39, 0.29) is 12.8 Å². The lowest BCUT2D eigenvalue weighted by Gasteiger charge is -2.41. The van der Waals surface area contributed by atoms with E-state index in [0.717, 1.165) is 5.56 Å². The number of aliphatic hydroxyl groups excluding tert-OH is 1. The monoisotopic (exact) mass is 207 g/mol. The third kappa shape index (κ3) is 1.51. The molecule has 0 amide bonds. The van der Waals surface area contributed by atoms with E-state index in [2.05, 4.69) is 4.98 Å². The largest absolute Gasteiger partial charge is 0.481 e. The number of aliphatic hydroxyl groups is 1. The van der Waals surface area contributed by atoms with Gasteiger partial charge >= 0.3 is 5.97 Å². The zero-order valence-electron chi connectivity index (χ0n) is 8.47. The fourth-order valence-corrected chi connectivity index (χ4v) is 2.04. The summed E-state index contributed by atoms with van der Waals surface area (Å²) in [5, 5.41) is 18.5. The van der Waals surface area contributed by atoms with Crippen LogP contribution in [0.25, 0.3) is 0 Å². The molecule has 1 aliphatic carbocycles. The number of hydrogen-bond acceptors (Lipinski definition) is 3. The Bertz CT molecular complexity index is 397. The Kier molecular flexibility index (Phi) is 2.23. The second kappa shape index (κ2) is 3.31. The number of carboxylic acids is 1. The van der Waals surface area contributed by atoms with Gasteiger partial charge in [-0.3, -0.25) is 9.78 Å². The predicted molar refractivity (Wildman–Crippen MR) is 53.5 cm³/mol. The lowest BCUT2D eigenvalue weighted by Crippen LogP contribution is -2.51. The van der Waals surface area contributed by atoms with Crippen molar-refractivity contribution in [1.29, 1.82) is 0 Å². The Labute approximate surface area is 87.6 Å². The Morgan fingerprint density at radius 2 is 2.27 bits per heavy atom. The van der Waals surface area contributed by atoms with Crippen LogP contribution in [0.2, 0.25) is 0 Å². The van der Waals surface area contributed by atoms with Crippen LogP contribution in [0.5, 0.6) is 0 Å². The molecule has 1 aromatic rings. The third-order valence-corrected chi connectivity index (χ3v) is 2.98. The van der Waals surface area contributed by atoms with E-state index in [4.69, 9.17) is 0 Å². The summed E-state index contributed by atoms with van der Waals surface area (Å²) in [6.45, 7) is 1.90. The molecule has 1 saturated carbocycles. The molecule has 4 nitrogen and oxygen atoms in total. The number of rotatable bonds is 2. The predicted octanol–water partition coefficient (Wildman–Crippen LogP) is 0.867. The van der Waals surface area contributed by atoms with Crippen LogP contribution >= 0.6 is 0 Å². The maximum absolute atomic E-state index is 11.2. The molecule has 0 spiro atoms. The van der Waals surface area contributed by atoms with Crippen molar-refractivity contribution in [3.8, 4) is 0 Å². The fourth-order valence-electron chi connectivity index (χ4n) is 2.04. The molecule has 1 heterocycles. The number of nitrogens with zero attached hydrogens (tertiary/aromatic N) is 1. The van der Waals surface area contributed by atoms with Gasteiger partial charge in [0.25, 0.3) is 0 Å². The quantitative estimate of drug-likeness (QED) is 0.754. The van der Waals surface area contributed by atoms with Gasteiger partial charge in [0.2, 0.25) is 0 Å². The summed E-state index contributed by atoms with van der Waals surface area (Å²) in [6, 6.07) is 3.61. The molecule has 15 heavy (non-hydrogen) atoms. The van der Waals surface area contributed by atoms with Crippen molar-refractivity contribution >= 4 is 5.97 Å². The molecule has 2 N–H and O–H groups in total. The average molecular weight is 207 g/mol. The first kappa shape index (κ1) is 10.1. The molecule has 80 valence electrons. The molecule has 0 bridgehead atoms. The van der Waals surface area contributed by atoms with E-state index < -0.39 is 17.5 Å². The molecule has 1 aromatic heterocycles. The van der Waals surface area contributed by atoms with Gasteiger partial charge in [-0.25, -0.2) is 0 Å². The van der Waals surface area contributed by atoms with Crippen LogP contribution in [0, 0.1) is 6.92 Å². The van der Waals surface area contributed by atoms with Gasteiger partial charge in [0.05, 0.1) is 11.8 Å². The molecule has 1 aliphatic rings. The second-order valence-corrected chi connectivity index (χ2v) is 4.17. The molecule has 0 aromatic carbocycles. The van der Waals surface area contributed by atoms with Gasteiger partial charge in [0, 0.05) is 6.20 Å². The number of carboxylic acid groups (broad SMARTS) is 1. The van der Waals surface area contributed by atoms with Gasteiger partial charge in [-0.05, 0) is 37.5 Å². The minimum atomic E-state index is -0.967. The Morgan fingerprint density at radius 3 is 2.73 bits per heavy atom. The van der Waals surface area contributed by atoms with Crippen molar-refractivity contribution in [2.45, 2.75) is 31.3 Å². The summed E-state index contributed by atoms with van der Waals surface area (Å²) < 4.78 is 0. The minimum absolute atomic E-state index is 0.263. The van der Waals surface area contributed by atoms with Gasteiger partial charge < -0.3 is 10.2 Å². The summed E-state index contributed by atoms with van der Waals surface area (Å²) in [7, 11) is 0. The molecule has 0 atom stereocenters. The average Bonchev–Trinajstić information content (AvgIpc) is 2.12. The highest BCUT2D eigenvalue weighted by atomic mass is 16.4. The van der Waals surface area contributed by atoms with E-state index in [9.17, 15) is 15.0 Å². The summed E-state index contributed by atoms with van der Waals surface area (Å²) in [5.74, 6) is -0.897. The van der Waals surface area contributed by atoms with Crippen molar-refractivity contribution in [3.05, 3.63) is 29.6 Å². The molecule has 0 unspecified atom stereocenters. The first-order valence-electron chi connectivity index (χ1n) is 4.89. The zero-order chi connectivity index (χ0) is 11.1. The first-order chi connectivity index (χ1) is 7.04. The van der Waals surface area contributed by atoms with Crippen LogP contribution in [0.15, 0.2) is 18.3 Å². The highest BCUT2D eigenvalue weighted by molar-refractivity contribution is 5.82. The third-order valence-electron chi connectivity index (χ3n) is 2.98. The highest BCUT2D eigenvalue weighted by Crippen LogP contribution is 2.43. The Morgan fingerprint density at radius 1 is 1.60 bits per heavy atom. The molecule has 0 radical (unpaired) electrons. The van der Waals surface area contributed by atoms with Crippen LogP contribution in [0.3, 0.4) is 0 Å². The Hall–Kier alpha value is -1.42. The minimum Gasteiger partial charge on any atom is -0.481 e.